The fourth-order valence-corrected chi connectivity index (χ4v) is 1.51. The Morgan fingerprint density at radius 1 is 1.26 bits per heavy atom. The predicted molar refractivity (Wildman–Crippen MR) is 69.8 cm³/mol. The highest BCUT2D eigenvalue weighted by molar-refractivity contribution is 5.83. The van der Waals surface area contributed by atoms with Gasteiger partial charge in [0.2, 0.25) is 0 Å². The highest BCUT2D eigenvalue weighted by atomic mass is 16.5. The number of hydrogen-bond acceptors (Lipinski definition) is 4. The van der Waals surface area contributed by atoms with Gasteiger partial charge in [-0.3, -0.25) is 0 Å². The van der Waals surface area contributed by atoms with Crippen LogP contribution in [0.2, 0.25) is 0 Å². The lowest BCUT2D eigenvalue weighted by Crippen LogP contribution is -2.44. The molecule has 0 aromatic heterocycles. The lowest BCUT2D eigenvalue weighted by molar-refractivity contribution is -0.142. The molecule has 0 aliphatic heterocycles. The molecule has 104 valence electrons. The number of amides is 2. The van der Waals surface area contributed by atoms with Crippen LogP contribution < -0.4 is 15.4 Å². The molecule has 0 saturated heterocycles. The van der Waals surface area contributed by atoms with E-state index in [4.69, 9.17) is 4.74 Å². The molecule has 0 aliphatic carbocycles. The second-order valence-electron chi connectivity index (χ2n) is 3.88. The van der Waals surface area contributed by atoms with Crippen LogP contribution >= 0.6 is 0 Å². The van der Waals surface area contributed by atoms with Crippen LogP contribution in [0, 0.1) is 0 Å². The molecule has 2 amide bonds. The number of benzene rings is 1. The van der Waals surface area contributed by atoms with Crippen LogP contribution in [0.15, 0.2) is 24.3 Å². The number of methoxy groups -OCH3 is 2. The van der Waals surface area contributed by atoms with Gasteiger partial charge in [0.15, 0.2) is 0 Å². The van der Waals surface area contributed by atoms with Gasteiger partial charge in [-0.05, 0) is 13.0 Å². The van der Waals surface area contributed by atoms with Gasteiger partial charge in [0.1, 0.15) is 11.8 Å². The van der Waals surface area contributed by atoms with Crippen molar-refractivity contribution in [3.05, 3.63) is 29.8 Å². The molecular formula is C13H18N2O4. The van der Waals surface area contributed by atoms with Crippen LogP contribution in [0.1, 0.15) is 12.5 Å². The lowest BCUT2D eigenvalue weighted by Gasteiger charge is -2.13. The average molecular weight is 266 g/mol. The summed E-state index contributed by atoms with van der Waals surface area (Å²) in [6, 6.07) is 6.23. The first-order valence-corrected chi connectivity index (χ1v) is 5.82. The van der Waals surface area contributed by atoms with E-state index in [9.17, 15) is 9.59 Å². The summed E-state index contributed by atoms with van der Waals surface area (Å²) >= 11 is 0. The quantitative estimate of drug-likeness (QED) is 0.781. The van der Waals surface area contributed by atoms with Gasteiger partial charge in [-0.2, -0.15) is 0 Å². The second kappa shape index (κ2) is 7.25. The third-order valence-corrected chi connectivity index (χ3v) is 2.53. The van der Waals surface area contributed by atoms with Crippen LogP contribution in [-0.4, -0.2) is 32.3 Å². The van der Waals surface area contributed by atoms with E-state index in [-0.39, 0.29) is 0 Å². The molecule has 1 atom stereocenters. The SMILES string of the molecule is COC(=O)C(C)NC(=O)NCc1ccccc1OC. The highest BCUT2D eigenvalue weighted by Gasteiger charge is 2.15. The highest BCUT2D eigenvalue weighted by Crippen LogP contribution is 2.16. The summed E-state index contributed by atoms with van der Waals surface area (Å²) in [6.45, 7) is 1.86. The van der Waals surface area contributed by atoms with Crippen LogP contribution in [0.4, 0.5) is 4.79 Å². The Bertz CT molecular complexity index is 448. The number of esters is 1. The Hall–Kier alpha value is -2.24. The minimum absolute atomic E-state index is 0.309. The minimum atomic E-state index is -0.692. The number of ether oxygens (including phenoxy) is 2. The average Bonchev–Trinajstić information content (AvgIpc) is 2.44. The van der Waals surface area contributed by atoms with E-state index in [1.165, 1.54) is 7.11 Å². The molecule has 1 unspecified atom stereocenters. The normalized spacial score (nSPS) is 11.3. The predicted octanol–water partition coefficient (Wildman–Crippen LogP) is 1.06. The van der Waals surface area contributed by atoms with Crippen molar-refractivity contribution in [2.45, 2.75) is 19.5 Å². The second-order valence-corrected chi connectivity index (χ2v) is 3.88. The number of urea groups is 1. The van der Waals surface area contributed by atoms with Gasteiger partial charge in [0.05, 0.1) is 14.2 Å². The minimum Gasteiger partial charge on any atom is -0.496 e. The number of hydrogen-bond donors (Lipinski definition) is 2. The number of para-hydroxylation sites is 1. The van der Waals surface area contributed by atoms with Crippen LogP contribution in [0.3, 0.4) is 0 Å². The number of carbonyl (C=O) groups excluding carboxylic acids is 2. The fraction of sp³-hybridized carbons (Fsp3) is 0.385. The molecule has 1 rings (SSSR count). The lowest BCUT2D eigenvalue weighted by atomic mass is 10.2. The molecule has 6 nitrogen and oxygen atoms in total. The zero-order valence-corrected chi connectivity index (χ0v) is 11.2. The van der Waals surface area contributed by atoms with Crippen molar-refractivity contribution >= 4 is 12.0 Å². The summed E-state index contributed by atoms with van der Waals surface area (Å²) in [7, 11) is 2.84. The third kappa shape index (κ3) is 4.50. The first kappa shape index (κ1) is 14.8. The molecule has 0 aliphatic rings. The van der Waals surface area contributed by atoms with Crippen LogP contribution in [0.5, 0.6) is 5.75 Å². The third-order valence-electron chi connectivity index (χ3n) is 2.53. The van der Waals surface area contributed by atoms with Gasteiger partial charge in [-0.25, -0.2) is 9.59 Å². The monoisotopic (exact) mass is 266 g/mol. The fourth-order valence-electron chi connectivity index (χ4n) is 1.51. The van der Waals surface area contributed by atoms with Gasteiger partial charge in [-0.1, -0.05) is 18.2 Å². The zero-order chi connectivity index (χ0) is 14.3. The Kier molecular flexibility index (Phi) is 5.66. The topological polar surface area (TPSA) is 76.7 Å². The van der Waals surface area contributed by atoms with Crippen molar-refractivity contribution in [3.63, 3.8) is 0 Å². The molecule has 2 N–H and O–H groups in total. The van der Waals surface area contributed by atoms with Crippen molar-refractivity contribution < 1.29 is 19.1 Å². The first-order valence-electron chi connectivity index (χ1n) is 5.82. The van der Waals surface area contributed by atoms with Crippen molar-refractivity contribution in [1.29, 1.82) is 0 Å². The molecule has 0 bridgehead atoms. The molecule has 0 spiro atoms. The van der Waals surface area contributed by atoms with Crippen LogP contribution in [-0.2, 0) is 16.1 Å². The molecular weight excluding hydrogens is 248 g/mol. The maximum Gasteiger partial charge on any atom is 0.328 e. The molecule has 0 fully saturated rings. The summed E-state index contributed by atoms with van der Waals surface area (Å²) in [5.74, 6) is 0.205. The van der Waals surface area contributed by atoms with Gasteiger partial charge in [0.25, 0.3) is 0 Å². The van der Waals surface area contributed by atoms with Crippen molar-refractivity contribution in [2.24, 2.45) is 0 Å². The van der Waals surface area contributed by atoms with Gasteiger partial charge < -0.3 is 20.1 Å². The van der Waals surface area contributed by atoms with Crippen LogP contribution in [0.25, 0.3) is 0 Å². The van der Waals surface area contributed by atoms with Crippen molar-refractivity contribution in [3.8, 4) is 5.75 Å². The van der Waals surface area contributed by atoms with Gasteiger partial charge in [0, 0.05) is 12.1 Å². The first-order chi connectivity index (χ1) is 9.08. The molecule has 0 heterocycles. The van der Waals surface area contributed by atoms with Crippen molar-refractivity contribution in [1.82, 2.24) is 10.6 Å². The Morgan fingerprint density at radius 2 is 1.95 bits per heavy atom. The van der Waals surface area contributed by atoms with E-state index in [1.54, 1.807) is 14.0 Å². The molecule has 1 aromatic carbocycles. The Labute approximate surface area is 112 Å². The molecule has 19 heavy (non-hydrogen) atoms. The van der Waals surface area contributed by atoms with Gasteiger partial charge >= 0.3 is 12.0 Å². The summed E-state index contributed by atoms with van der Waals surface area (Å²) < 4.78 is 9.68. The zero-order valence-electron chi connectivity index (χ0n) is 11.2. The standard InChI is InChI=1S/C13H18N2O4/c1-9(12(16)19-3)15-13(17)14-8-10-6-4-5-7-11(10)18-2/h4-7,9H,8H2,1-3H3,(H2,14,15,17). The Morgan fingerprint density at radius 3 is 2.58 bits per heavy atom. The smallest absolute Gasteiger partial charge is 0.328 e. The maximum atomic E-state index is 11.6. The van der Waals surface area contributed by atoms with Gasteiger partial charge in [-0.15, -0.1) is 0 Å². The van der Waals surface area contributed by atoms with E-state index in [1.807, 2.05) is 24.3 Å². The molecule has 0 saturated carbocycles. The Balaban J connectivity index is 2.48. The summed E-state index contributed by atoms with van der Waals surface area (Å²) in [5, 5.41) is 5.12. The molecule has 0 radical (unpaired) electrons. The van der Waals surface area contributed by atoms with E-state index in [0.29, 0.717) is 12.3 Å². The maximum absolute atomic E-state index is 11.6. The number of nitrogens with one attached hydrogen (secondary N) is 2. The van der Waals surface area contributed by atoms with E-state index in [2.05, 4.69) is 15.4 Å². The summed E-state index contributed by atoms with van der Waals surface area (Å²) in [5.41, 5.74) is 0.853. The number of carbonyl (C=O) groups is 2. The summed E-state index contributed by atoms with van der Waals surface area (Å²) in [4.78, 5) is 22.7. The largest absolute Gasteiger partial charge is 0.496 e. The molecule has 6 heteroatoms. The van der Waals surface area contributed by atoms with Crippen molar-refractivity contribution in [2.75, 3.05) is 14.2 Å². The number of rotatable bonds is 5. The van der Waals surface area contributed by atoms with E-state index in [0.717, 1.165) is 5.56 Å². The summed E-state index contributed by atoms with van der Waals surface area (Å²) in [6.07, 6.45) is 0. The van der Waals surface area contributed by atoms with E-state index < -0.39 is 18.0 Å². The van der Waals surface area contributed by atoms with E-state index >= 15 is 0 Å². The molecule has 1 aromatic rings.